The Morgan fingerprint density at radius 1 is 1.46 bits per heavy atom. The molecule has 1 saturated heterocycles. The van der Waals surface area contributed by atoms with E-state index in [-0.39, 0.29) is 6.10 Å². The highest BCUT2D eigenvalue weighted by molar-refractivity contribution is 9.10. The maximum atomic E-state index is 13.8. The first-order chi connectivity index (χ1) is 6.20. The molecule has 0 radical (unpaired) electrons. The smallest absolute Gasteiger partial charge is 0.267 e. The summed E-state index contributed by atoms with van der Waals surface area (Å²) >= 11 is 3.34. The lowest BCUT2D eigenvalue weighted by atomic mass is 9.96. The van der Waals surface area contributed by atoms with E-state index in [1.807, 2.05) is 18.2 Å². The van der Waals surface area contributed by atoms with Crippen LogP contribution in [0.15, 0.2) is 28.7 Å². The largest absolute Gasteiger partial charge is 0.326 e. The molecule has 3 heteroatoms. The number of hydrogen-bond acceptors (Lipinski definition) is 1. The van der Waals surface area contributed by atoms with Crippen molar-refractivity contribution >= 4 is 22.0 Å². The van der Waals surface area contributed by atoms with Gasteiger partial charge in [0, 0.05) is 10.0 Å². The SMILES string of the molecule is FC12OC1C=Cc1cc(Br)ccc12. The van der Waals surface area contributed by atoms with Crippen LogP contribution in [0.1, 0.15) is 11.1 Å². The highest BCUT2D eigenvalue weighted by Gasteiger charge is 2.60. The number of ether oxygens (including phenoxy) is 1. The third kappa shape index (κ3) is 0.944. The monoisotopic (exact) mass is 240 g/mol. The quantitative estimate of drug-likeness (QED) is 0.636. The van der Waals surface area contributed by atoms with Crippen molar-refractivity contribution in [2.45, 2.75) is 12.0 Å². The van der Waals surface area contributed by atoms with Gasteiger partial charge in [-0.2, -0.15) is 0 Å². The summed E-state index contributed by atoms with van der Waals surface area (Å²) < 4.78 is 19.7. The molecule has 0 bridgehead atoms. The van der Waals surface area contributed by atoms with E-state index in [9.17, 15) is 4.39 Å². The third-order valence-corrected chi connectivity index (χ3v) is 2.93. The van der Waals surface area contributed by atoms with Crippen LogP contribution in [0, 0.1) is 0 Å². The first-order valence-electron chi connectivity index (χ1n) is 4.05. The zero-order chi connectivity index (χ0) is 9.05. The van der Waals surface area contributed by atoms with Crippen molar-refractivity contribution in [3.63, 3.8) is 0 Å². The minimum absolute atomic E-state index is 0.360. The molecule has 3 rings (SSSR count). The van der Waals surface area contributed by atoms with Gasteiger partial charge in [-0.15, -0.1) is 0 Å². The van der Waals surface area contributed by atoms with Crippen molar-refractivity contribution in [3.05, 3.63) is 39.9 Å². The molecular formula is C10H6BrFO. The second-order valence-electron chi connectivity index (χ2n) is 3.27. The predicted octanol–water partition coefficient (Wildman–Crippen LogP) is 3.00. The number of alkyl halides is 1. The third-order valence-electron chi connectivity index (χ3n) is 2.44. The number of halogens is 2. The molecular weight excluding hydrogens is 235 g/mol. The molecule has 1 aliphatic carbocycles. The molecule has 0 N–H and O–H groups in total. The standard InChI is InChI=1S/C10H6BrFO/c11-7-2-3-8-6(5-7)1-4-9-10(8,12)13-9/h1-5,9H. The molecule has 0 saturated carbocycles. The molecule has 1 fully saturated rings. The number of benzene rings is 1. The van der Waals surface area contributed by atoms with Crippen molar-refractivity contribution in [3.8, 4) is 0 Å². The normalized spacial score (nSPS) is 33.8. The van der Waals surface area contributed by atoms with Crippen molar-refractivity contribution in [1.82, 2.24) is 0 Å². The van der Waals surface area contributed by atoms with Gasteiger partial charge in [0.1, 0.15) is 6.10 Å². The lowest BCUT2D eigenvalue weighted by molar-refractivity contribution is 0.141. The van der Waals surface area contributed by atoms with Crippen LogP contribution < -0.4 is 0 Å². The zero-order valence-corrected chi connectivity index (χ0v) is 8.21. The molecule has 13 heavy (non-hydrogen) atoms. The Morgan fingerprint density at radius 3 is 3.15 bits per heavy atom. The van der Waals surface area contributed by atoms with Crippen molar-refractivity contribution in [2.75, 3.05) is 0 Å². The van der Waals surface area contributed by atoms with Gasteiger partial charge in [0.15, 0.2) is 0 Å². The molecule has 0 aromatic heterocycles. The molecule has 1 heterocycles. The average Bonchev–Trinajstić information content (AvgIpc) is 2.76. The van der Waals surface area contributed by atoms with Crippen LogP contribution in [0.3, 0.4) is 0 Å². The van der Waals surface area contributed by atoms with Gasteiger partial charge in [0.25, 0.3) is 5.85 Å². The van der Waals surface area contributed by atoms with Gasteiger partial charge in [-0.3, -0.25) is 0 Å². The summed E-state index contributed by atoms with van der Waals surface area (Å²) in [5.41, 5.74) is 1.54. The topological polar surface area (TPSA) is 12.5 Å². The molecule has 1 aromatic rings. The molecule has 2 unspecified atom stereocenters. The van der Waals surface area contributed by atoms with Crippen LogP contribution in [-0.2, 0) is 10.6 Å². The first-order valence-corrected chi connectivity index (χ1v) is 4.84. The lowest BCUT2D eigenvalue weighted by Gasteiger charge is -2.10. The predicted molar refractivity (Wildman–Crippen MR) is 50.8 cm³/mol. The molecule has 2 aliphatic rings. The Bertz CT molecular complexity index is 415. The van der Waals surface area contributed by atoms with Crippen molar-refractivity contribution < 1.29 is 9.13 Å². The van der Waals surface area contributed by atoms with E-state index in [0.717, 1.165) is 10.0 Å². The number of fused-ring (bicyclic) bond motifs is 3. The Kier molecular flexibility index (Phi) is 1.32. The highest BCUT2D eigenvalue weighted by atomic mass is 79.9. The molecule has 0 spiro atoms. The first kappa shape index (κ1) is 7.71. The average molecular weight is 241 g/mol. The van der Waals surface area contributed by atoms with E-state index in [2.05, 4.69) is 15.9 Å². The molecule has 1 aliphatic heterocycles. The van der Waals surface area contributed by atoms with Crippen LogP contribution in [0.2, 0.25) is 0 Å². The summed E-state index contributed by atoms with van der Waals surface area (Å²) in [6.07, 6.45) is 3.30. The molecule has 0 amide bonds. The van der Waals surface area contributed by atoms with Crippen LogP contribution >= 0.6 is 15.9 Å². The fourth-order valence-electron chi connectivity index (χ4n) is 1.70. The summed E-state index contributed by atoms with van der Waals surface area (Å²) in [7, 11) is 0. The fraction of sp³-hybridized carbons (Fsp3) is 0.200. The Labute approximate surface area is 83.3 Å². The summed E-state index contributed by atoms with van der Waals surface area (Å²) in [6.45, 7) is 0. The highest BCUT2D eigenvalue weighted by Crippen LogP contribution is 2.52. The minimum atomic E-state index is -1.54. The molecule has 1 nitrogen and oxygen atoms in total. The van der Waals surface area contributed by atoms with Crippen molar-refractivity contribution in [2.24, 2.45) is 0 Å². The lowest BCUT2D eigenvalue weighted by Crippen LogP contribution is -2.09. The maximum absolute atomic E-state index is 13.8. The second-order valence-corrected chi connectivity index (χ2v) is 4.19. The van der Waals surface area contributed by atoms with Gasteiger partial charge in [-0.25, -0.2) is 4.39 Å². The summed E-state index contributed by atoms with van der Waals surface area (Å²) in [5, 5.41) is 0. The maximum Gasteiger partial charge on any atom is 0.267 e. The van der Waals surface area contributed by atoms with E-state index >= 15 is 0 Å². The van der Waals surface area contributed by atoms with E-state index < -0.39 is 5.85 Å². The van der Waals surface area contributed by atoms with Crippen LogP contribution in [0.5, 0.6) is 0 Å². The van der Waals surface area contributed by atoms with Gasteiger partial charge in [-0.05, 0) is 23.8 Å². The van der Waals surface area contributed by atoms with Crippen molar-refractivity contribution in [1.29, 1.82) is 0 Å². The summed E-state index contributed by atoms with van der Waals surface area (Å²) in [4.78, 5) is 0. The Morgan fingerprint density at radius 2 is 2.31 bits per heavy atom. The summed E-state index contributed by atoms with van der Waals surface area (Å²) in [6, 6.07) is 5.49. The zero-order valence-electron chi connectivity index (χ0n) is 6.63. The minimum Gasteiger partial charge on any atom is -0.326 e. The van der Waals surface area contributed by atoms with Crippen LogP contribution in [-0.4, -0.2) is 6.10 Å². The number of hydrogen-bond donors (Lipinski definition) is 0. The fourth-order valence-corrected chi connectivity index (χ4v) is 2.08. The van der Waals surface area contributed by atoms with Gasteiger partial charge in [0.05, 0.1) is 0 Å². The van der Waals surface area contributed by atoms with Gasteiger partial charge < -0.3 is 4.74 Å². The molecule has 2 atom stereocenters. The molecule has 1 aromatic carbocycles. The summed E-state index contributed by atoms with van der Waals surface area (Å²) in [5.74, 6) is -1.54. The van der Waals surface area contributed by atoms with E-state index in [1.165, 1.54) is 0 Å². The molecule has 66 valence electrons. The van der Waals surface area contributed by atoms with E-state index in [4.69, 9.17) is 4.74 Å². The van der Waals surface area contributed by atoms with E-state index in [0.29, 0.717) is 5.56 Å². The van der Waals surface area contributed by atoms with Gasteiger partial charge in [0.2, 0.25) is 0 Å². The second kappa shape index (κ2) is 2.22. The number of rotatable bonds is 0. The Balaban J connectivity index is 2.24. The van der Waals surface area contributed by atoms with E-state index in [1.54, 1.807) is 12.1 Å². The van der Waals surface area contributed by atoms with Gasteiger partial charge >= 0.3 is 0 Å². The van der Waals surface area contributed by atoms with Gasteiger partial charge in [-0.1, -0.05) is 28.1 Å². The van der Waals surface area contributed by atoms with Crippen LogP contribution in [0.25, 0.3) is 6.08 Å². The van der Waals surface area contributed by atoms with Crippen LogP contribution in [0.4, 0.5) is 4.39 Å². The number of epoxide rings is 1. The Hall–Kier alpha value is -0.670.